The molecule has 0 N–H and O–H groups in total. The molecule has 0 saturated carbocycles. The summed E-state index contributed by atoms with van der Waals surface area (Å²) in [5.74, 6) is -0.729. The lowest BCUT2D eigenvalue weighted by molar-refractivity contribution is -0.153. The van der Waals surface area contributed by atoms with Gasteiger partial charge in [0.1, 0.15) is 6.04 Å². The average molecular weight is 183 g/mol. The lowest BCUT2D eigenvalue weighted by atomic mass is 10.1. The molecular formula is C9H13NO3. The number of hydrogen-bond acceptors (Lipinski definition) is 4. The summed E-state index contributed by atoms with van der Waals surface area (Å²) >= 11 is 0. The van der Waals surface area contributed by atoms with Crippen LogP contribution < -0.4 is 0 Å². The van der Waals surface area contributed by atoms with Crippen LogP contribution in [-0.4, -0.2) is 36.0 Å². The monoisotopic (exact) mass is 183 g/mol. The van der Waals surface area contributed by atoms with E-state index in [4.69, 9.17) is 0 Å². The lowest BCUT2D eigenvalue weighted by Gasteiger charge is -2.29. The molecule has 1 atom stereocenters. The van der Waals surface area contributed by atoms with Gasteiger partial charge in [0, 0.05) is 0 Å². The van der Waals surface area contributed by atoms with E-state index in [1.54, 1.807) is 0 Å². The van der Waals surface area contributed by atoms with Crippen LogP contribution in [0.1, 0.15) is 25.7 Å². The van der Waals surface area contributed by atoms with Gasteiger partial charge in [-0.05, 0) is 25.9 Å². The topological polar surface area (TPSA) is 46.6 Å². The molecule has 0 radical (unpaired) electrons. The van der Waals surface area contributed by atoms with Crippen molar-refractivity contribution < 1.29 is 14.3 Å². The van der Waals surface area contributed by atoms with E-state index in [1.807, 2.05) is 0 Å². The molecule has 0 amide bonds. The summed E-state index contributed by atoms with van der Waals surface area (Å²) in [7, 11) is 0. The number of piperidine rings is 1. The first-order valence-corrected chi connectivity index (χ1v) is 4.76. The fourth-order valence-corrected chi connectivity index (χ4v) is 1.97. The maximum absolute atomic E-state index is 11.2. The first-order valence-electron chi connectivity index (χ1n) is 4.76. The van der Waals surface area contributed by atoms with Crippen molar-refractivity contribution in [3.05, 3.63) is 0 Å². The highest BCUT2D eigenvalue weighted by Gasteiger charge is 2.37. The van der Waals surface area contributed by atoms with Crippen LogP contribution in [0, 0.1) is 0 Å². The largest absolute Gasteiger partial charge is 0.392 e. The molecule has 2 fully saturated rings. The van der Waals surface area contributed by atoms with Crippen LogP contribution in [0.15, 0.2) is 0 Å². The van der Waals surface area contributed by atoms with Crippen LogP contribution in [-0.2, 0) is 14.3 Å². The molecule has 2 aliphatic rings. The van der Waals surface area contributed by atoms with Crippen molar-refractivity contribution in [3.8, 4) is 0 Å². The van der Waals surface area contributed by atoms with Crippen molar-refractivity contribution in [1.29, 1.82) is 0 Å². The van der Waals surface area contributed by atoms with Gasteiger partial charge in [0.15, 0.2) is 0 Å². The first kappa shape index (κ1) is 8.69. The van der Waals surface area contributed by atoms with Gasteiger partial charge in [0.2, 0.25) is 0 Å². The fourth-order valence-electron chi connectivity index (χ4n) is 1.97. The van der Waals surface area contributed by atoms with Gasteiger partial charge in [0.05, 0.1) is 6.42 Å². The Kier molecular flexibility index (Phi) is 2.31. The second kappa shape index (κ2) is 3.46. The Hall–Kier alpha value is -0.900. The molecule has 2 saturated heterocycles. The molecule has 0 aliphatic carbocycles. The molecule has 13 heavy (non-hydrogen) atoms. The van der Waals surface area contributed by atoms with Crippen molar-refractivity contribution in [1.82, 2.24) is 4.90 Å². The smallest absolute Gasteiger partial charge is 0.331 e. The first-order chi connectivity index (χ1) is 6.27. The van der Waals surface area contributed by atoms with E-state index in [0.29, 0.717) is 0 Å². The number of rotatable bonds is 1. The molecule has 0 bridgehead atoms. The molecule has 2 rings (SSSR count). The Labute approximate surface area is 76.8 Å². The van der Waals surface area contributed by atoms with E-state index >= 15 is 0 Å². The molecule has 2 heterocycles. The molecule has 0 unspecified atom stereocenters. The highest BCUT2D eigenvalue weighted by molar-refractivity contribution is 5.96. The Morgan fingerprint density at radius 3 is 2.38 bits per heavy atom. The number of nitrogens with zero attached hydrogens (tertiary/aromatic N) is 1. The quantitative estimate of drug-likeness (QED) is 0.433. The van der Waals surface area contributed by atoms with Gasteiger partial charge in [-0.15, -0.1) is 0 Å². The van der Waals surface area contributed by atoms with Crippen molar-refractivity contribution in [3.63, 3.8) is 0 Å². The zero-order valence-corrected chi connectivity index (χ0v) is 7.49. The van der Waals surface area contributed by atoms with E-state index in [2.05, 4.69) is 9.64 Å². The van der Waals surface area contributed by atoms with E-state index in [0.717, 1.165) is 25.9 Å². The van der Waals surface area contributed by atoms with Crippen LogP contribution in [0.2, 0.25) is 0 Å². The minimum atomic E-state index is -0.374. The summed E-state index contributed by atoms with van der Waals surface area (Å²) in [6.45, 7) is 1.85. The zero-order valence-electron chi connectivity index (χ0n) is 7.49. The standard InChI is InChI=1S/C9H13NO3/c11-8-6-7(9(12)13-8)10-4-2-1-3-5-10/h7H,1-6H2/t7-/m0/s1. The average Bonchev–Trinajstić information content (AvgIpc) is 2.47. The summed E-state index contributed by atoms with van der Waals surface area (Å²) < 4.78 is 4.51. The summed E-state index contributed by atoms with van der Waals surface area (Å²) in [6.07, 6.45) is 3.72. The normalized spacial score (nSPS) is 30.6. The Balaban J connectivity index is 1.99. The number of hydrogen-bond donors (Lipinski definition) is 0. The van der Waals surface area contributed by atoms with Crippen LogP contribution >= 0.6 is 0 Å². The molecule has 0 spiro atoms. The van der Waals surface area contributed by atoms with Crippen LogP contribution in [0.4, 0.5) is 0 Å². The second-order valence-corrected chi connectivity index (χ2v) is 3.61. The Morgan fingerprint density at radius 2 is 1.85 bits per heavy atom. The van der Waals surface area contributed by atoms with Gasteiger partial charge >= 0.3 is 11.9 Å². The zero-order chi connectivity index (χ0) is 9.26. The van der Waals surface area contributed by atoms with Gasteiger partial charge < -0.3 is 4.74 Å². The minimum absolute atomic E-state index is 0.249. The third-order valence-electron chi connectivity index (χ3n) is 2.68. The molecule has 4 nitrogen and oxygen atoms in total. The number of cyclic esters (lactones) is 2. The van der Waals surface area contributed by atoms with Crippen LogP contribution in [0.25, 0.3) is 0 Å². The Morgan fingerprint density at radius 1 is 1.15 bits per heavy atom. The predicted octanol–water partition coefficient (Wildman–Crippen LogP) is 0.314. The van der Waals surface area contributed by atoms with Gasteiger partial charge in [-0.25, -0.2) is 4.79 Å². The van der Waals surface area contributed by atoms with Crippen molar-refractivity contribution >= 4 is 11.9 Å². The molecule has 0 aromatic carbocycles. The second-order valence-electron chi connectivity index (χ2n) is 3.61. The maximum atomic E-state index is 11.2. The number of likely N-dealkylation sites (tertiary alicyclic amines) is 1. The van der Waals surface area contributed by atoms with Crippen LogP contribution in [0.5, 0.6) is 0 Å². The highest BCUT2D eigenvalue weighted by atomic mass is 16.6. The number of carbonyl (C=O) groups is 2. The predicted molar refractivity (Wildman–Crippen MR) is 44.9 cm³/mol. The van der Waals surface area contributed by atoms with Gasteiger partial charge in [-0.2, -0.15) is 0 Å². The third kappa shape index (κ3) is 1.72. The van der Waals surface area contributed by atoms with E-state index in [9.17, 15) is 9.59 Å². The van der Waals surface area contributed by atoms with Crippen LogP contribution in [0.3, 0.4) is 0 Å². The molecular weight excluding hydrogens is 170 g/mol. The number of esters is 2. The van der Waals surface area contributed by atoms with Gasteiger partial charge in [-0.3, -0.25) is 9.69 Å². The van der Waals surface area contributed by atoms with E-state index < -0.39 is 0 Å². The molecule has 0 aromatic heterocycles. The lowest BCUT2D eigenvalue weighted by Crippen LogP contribution is -2.41. The summed E-state index contributed by atoms with van der Waals surface area (Å²) in [5.41, 5.74) is 0. The van der Waals surface area contributed by atoms with E-state index in [-0.39, 0.29) is 24.4 Å². The van der Waals surface area contributed by atoms with Gasteiger partial charge in [0.25, 0.3) is 0 Å². The van der Waals surface area contributed by atoms with Crippen molar-refractivity contribution in [2.75, 3.05) is 13.1 Å². The number of carbonyl (C=O) groups excluding carboxylic acids is 2. The number of ether oxygens (including phenoxy) is 1. The summed E-state index contributed by atoms with van der Waals surface area (Å²) in [5, 5.41) is 0. The molecule has 72 valence electrons. The summed E-state index contributed by atoms with van der Waals surface area (Å²) in [6, 6.07) is -0.284. The van der Waals surface area contributed by atoms with Crippen molar-refractivity contribution in [2.45, 2.75) is 31.7 Å². The third-order valence-corrected chi connectivity index (χ3v) is 2.68. The van der Waals surface area contributed by atoms with Crippen molar-refractivity contribution in [2.24, 2.45) is 0 Å². The molecule has 0 aromatic rings. The highest BCUT2D eigenvalue weighted by Crippen LogP contribution is 2.19. The minimum Gasteiger partial charge on any atom is -0.392 e. The SMILES string of the molecule is O=C1C[C@H](N2CCCCC2)C(=O)O1. The molecule has 4 heteroatoms. The fraction of sp³-hybridized carbons (Fsp3) is 0.778. The molecule has 2 aliphatic heterocycles. The van der Waals surface area contributed by atoms with Gasteiger partial charge in [-0.1, -0.05) is 6.42 Å². The summed E-state index contributed by atoms with van der Waals surface area (Å²) in [4.78, 5) is 24.1. The van der Waals surface area contributed by atoms with E-state index in [1.165, 1.54) is 6.42 Å². The maximum Gasteiger partial charge on any atom is 0.331 e. The Bertz CT molecular complexity index is 233.